The summed E-state index contributed by atoms with van der Waals surface area (Å²) >= 11 is 0. The Balaban J connectivity index is 2.29. The Kier molecular flexibility index (Phi) is 5.14. The summed E-state index contributed by atoms with van der Waals surface area (Å²) in [6.45, 7) is 0.366. The van der Waals surface area contributed by atoms with Crippen LogP contribution in [0.25, 0.3) is 6.08 Å². The molecule has 0 aliphatic rings. The van der Waals surface area contributed by atoms with Gasteiger partial charge in [0.2, 0.25) is 0 Å². The molecule has 0 aliphatic heterocycles. The summed E-state index contributed by atoms with van der Waals surface area (Å²) in [7, 11) is 3.71. The number of rotatable bonds is 6. The van der Waals surface area contributed by atoms with Gasteiger partial charge in [-0.15, -0.1) is 0 Å². The van der Waals surface area contributed by atoms with Crippen molar-refractivity contribution in [2.45, 2.75) is 6.61 Å². The molecule has 0 radical (unpaired) electrons. The number of hydrogen-bond donors (Lipinski definition) is 0. The standard InChI is InChI=1S/C17H18N2O3/c1-18(2)12-11-15-16(19(20)21)9-6-10-17(15)22-13-14-7-4-3-5-8-14/h3-12H,13H2,1-2H3/b12-11+. The highest BCUT2D eigenvalue weighted by atomic mass is 16.6. The second-order valence-electron chi connectivity index (χ2n) is 5.00. The summed E-state index contributed by atoms with van der Waals surface area (Å²) in [5, 5.41) is 11.2. The lowest BCUT2D eigenvalue weighted by atomic mass is 10.1. The molecular formula is C17H18N2O3. The van der Waals surface area contributed by atoms with Crippen molar-refractivity contribution in [1.29, 1.82) is 0 Å². The number of benzene rings is 2. The largest absolute Gasteiger partial charge is 0.488 e. The van der Waals surface area contributed by atoms with Crippen LogP contribution in [0.2, 0.25) is 0 Å². The highest BCUT2D eigenvalue weighted by molar-refractivity contribution is 5.67. The second-order valence-corrected chi connectivity index (χ2v) is 5.00. The first-order valence-electron chi connectivity index (χ1n) is 6.86. The lowest BCUT2D eigenvalue weighted by Gasteiger charge is -2.10. The smallest absolute Gasteiger partial charge is 0.280 e. The van der Waals surface area contributed by atoms with Crippen LogP contribution in [0.4, 0.5) is 5.69 Å². The molecule has 22 heavy (non-hydrogen) atoms. The van der Waals surface area contributed by atoms with Gasteiger partial charge < -0.3 is 9.64 Å². The molecule has 2 rings (SSSR count). The van der Waals surface area contributed by atoms with Crippen molar-refractivity contribution in [1.82, 2.24) is 4.90 Å². The van der Waals surface area contributed by atoms with Crippen LogP contribution in [-0.2, 0) is 6.61 Å². The first-order valence-corrected chi connectivity index (χ1v) is 6.86. The Morgan fingerprint density at radius 2 is 1.86 bits per heavy atom. The molecule has 0 amide bonds. The maximum Gasteiger partial charge on any atom is 0.280 e. The number of ether oxygens (including phenoxy) is 1. The van der Waals surface area contributed by atoms with Crippen LogP contribution < -0.4 is 4.74 Å². The summed E-state index contributed by atoms with van der Waals surface area (Å²) < 4.78 is 5.77. The zero-order valence-corrected chi connectivity index (χ0v) is 12.6. The molecule has 0 unspecified atom stereocenters. The van der Waals surface area contributed by atoms with E-state index in [9.17, 15) is 10.1 Å². The van der Waals surface area contributed by atoms with Gasteiger partial charge in [0.1, 0.15) is 12.4 Å². The zero-order valence-electron chi connectivity index (χ0n) is 12.6. The van der Waals surface area contributed by atoms with E-state index in [2.05, 4.69) is 0 Å². The van der Waals surface area contributed by atoms with Gasteiger partial charge in [0, 0.05) is 20.2 Å². The molecule has 0 saturated heterocycles. The van der Waals surface area contributed by atoms with Gasteiger partial charge >= 0.3 is 0 Å². The van der Waals surface area contributed by atoms with Crippen LogP contribution >= 0.6 is 0 Å². The summed E-state index contributed by atoms with van der Waals surface area (Å²) in [6.07, 6.45) is 3.45. The number of nitrogens with zero attached hydrogens (tertiary/aromatic N) is 2. The zero-order chi connectivity index (χ0) is 15.9. The van der Waals surface area contributed by atoms with E-state index in [0.717, 1.165) is 5.56 Å². The Bertz CT molecular complexity index is 667. The molecule has 0 N–H and O–H groups in total. The maximum atomic E-state index is 11.2. The lowest BCUT2D eigenvalue weighted by molar-refractivity contribution is -0.385. The van der Waals surface area contributed by atoms with E-state index in [1.165, 1.54) is 6.07 Å². The molecule has 0 saturated carbocycles. The summed E-state index contributed by atoms with van der Waals surface area (Å²) in [4.78, 5) is 12.6. The van der Waals surface area contributed by atoms with Crippen LogP contribution in [0.3, 0.4) is 0 Å². The fraction of sp³-hybridized carbons (Fsp3) is 0.176. The Morgan fingerprint density at radius 3 is 2.50 bits per heavy atom. The molecule has 0 bridgehead atoms. The molecule has 114 valence electrons. The minimum atomic E-state index is -0.398. The monoisotopic (exact) mass is 298 g/mol. The highest BCUT2D eigenvalue weighted by Crippen LogP contribution is 2.30. The van der Waals surface area contributed by atoms with Gasteiger partial charge in [-0.3, -0.25) is 10.1 Å². The van der Waals surface area contributed by atoms with E-state index in [0.29, 0.717) is 17.9 Å². The molecule has 0 atom stereocenters. The maximum absolute atomic E-state index is 11.2. The molecule has 2 aromatic rings. The van der Waals surface area contributed by atoms with Crippen LogP contribution in [0.15, 0.2) is 54.7 Å². The fourth-order valence-electron chi connectivity index (χ4n) is 1.94. The quantitative estimate of drug-likeness (QED) is 0.602. The van der Waals surface area contributed by atoms with Crippen molar-refractivity contribution < 1.29 is 9.66 Å². The molecule has 5 heteroatoms. The minimum Gasteiger partial charge on any atom is -0.488 e. The number of nitro groups is 1. The third-order valence-corrected chi connectivity index (χ3v) is 3.02. The molecule has 0 heterocycles. The van der Waals surface area contributed by atoms with Crippen LogP contribution in [0.1, 0.15) is 11.1 Å². The van der Waals surface area contributed by atoms with Gasteiger partial charge in [0.05, 0.1) is 10.5 Å². The molecular weight excluding hydrogens is 280 g/mol. The van der Waals surface area contributed by atoms with Gasteiger partial charge in [-0.1, -0.05) is 36.4 Å². The van der Waals surface area contributed by atoms with E-state index in [-0.39, 0.29) is 5.69 Å². The number of hydrogen-bond acceptors (Lipinski definition) is 4. The lowest BCUT2D eigenvalue weighted by Crippen LogP contribution is -2.02. The molecule has 0 aromatic heterocycles. The van der Waals surface area contributed by atoms with Crippen molar-refractivity contribution in [2.75, 3.05) is 14.1 Å². The SMILES string of the molecule is CN(C)/C=C/c1c(OCc2ccccc2)cccc1[N+](=O)[O-]. The third kappa shape index (κ3) is 4.09. The van der Waals surface area contributed by atoms with Gasteiger partial charge in [-0.2, -0.15) is 0 Å². The second kappa shape index (κ2) is 7.26. The van der Waals surface area contributed by atoms with Gasteiger partial charge in [0.25, 0.3) is 5.69 Å². The van der Waals surface area contributed by atoms with E-state index in [4.69, 9.17) is 4.74 Å². The van der Waals surface area contributed by atoms with E-state index in [1.807, 2.05) is 49.3 Å². The van der Waals surface area contributed by atoms with Crippen molar-refractivity contribution >= 4 is 11.8 Å². The predicted molar refractivity (Wildman–Crippen MR) is 86.6 cm³/mol. The minimum absolute atomic E-state index is 0.0312. The van der Waals surface area contributed by atoms with Crippen molar-refractivity contribution in [3.8, 4) is 5.75 Å². The average Bonchev–Trinajstić information content (AvgIpc) is 2.51. The highest BCUT2D eigenvalue weighted by Gasteiger charge is 2.16. The van der Waals surface area contributed by atoms with Gasteiger partial charge in [0.15, 0.2) is 0 Å². The molecule has 2 aromatic carbocycles. The Labute approximate surface area is 129 Å². The third-order valence-electron chi connectivity index (χ3n) is 3.02. The molecule has 0 aliphatic carbocycles. The first kappa shape index (κ1) is 15.6. The molecule has 5 nitrogen and oxygen atoms in total. The summed E-state index contributed by atoms with van der Waals surface area (Å²) in [6, 6.07) is 14.5. The molecule has 0 spiro atoms. The number of nitro benzene ring substituents is 1. The van der Waals surface area contributed by atoms with Gasteiger partial charge in [-0.05, 0) is 23.9 Å². The van der Waals surface area contributed by atoms with E-state index >= 15 is 0 Å². The van der Waals surface area contributed by atoms with E-state index in [1.54, 1.807) is 24.4 Å². The Hall–Kier alpha value is -2.82. The summed E-state index contributed by atoms with van der Waals surface area (Å²) in [5.41, 5.74) is 1.51. The van der Waals surface area contributed by atoms with E-state index < -0.39 is 4.92 Å². The summed E-state index contributed by atoms with van der Waals surface area (Å²) in [5.74, 6) is 0.496. The predicted octanol–water partition coefficient (Wildman–Crippen LogP) is 3.71. The van der Waals surface area contributed by atoms with Gasteiger partial charge in [-0.25, -0.2) is 0 Å². The topological polar surface area (TPSA) is 55.6 Å². The Morgan fingerprint density at radius 1 is 1.14 bits per heavy atom. The van der Waals surface area contributed by atoms with Crippen LogP contribution in [-0.4, -0.2) is 23.9 Å². The first-order chi connectivity index (χ1) is 10.6. The van der Waals surface area contributed by atoms with Crippen molar-refractivity contribution in [3.63, 3.8) is 0 Å². The fourth-order valence-corrected chi connectivity index (χ4v) is 1.94. The molecule has 0 fully saturated rings. The average molecular weight is 298 g/mol. The van der Waals surface area contributed by atoms with Crippen LogP contribution in [0.5, 0.6) is 5.75 Å². The van der Waals surface area contributed by atoms with Crippen LogP contribution in [0, 0.1) is 10.1 Å². The van der Waals surface area contributed by atoms with Crippen molar-refractivity contribution in [2.24, 2.45) is 0 Å². The van der Waals surface area contributed by atoms with Crippen molar-refractivity contribution in [3.05, 3.63) is 76.0 Å². The normalized spacial score (nSPS) is 10.6.